The highest BCUT2D eigenvalue weighted by molar-refractivity contribution is 5.86. The number of aromatic nitrogens is 3. The molecule has 6 aromatic rings. The van der Waals surface area contributed by atoms with Gasteiger partial charge in [0.2, 0.25) is 5.88 Å². The minimum Gasteiger partial charge on any atom is -0.477 e. The van der Waals surface area contributed by atoms with Crippen LogP contribution >= 0.6 is 0 Å². The number of pyridine rings is 3. The van der Waals surface area contributed by atoms with Gasteiger partial charge in [-0.2, -0.15) is 0 Å². The monoisotopic (exact) mass is 787 g/mol. The lowest BCUT2D eigenvalue weighted by Crippen LogP contribution is -2.22. The van der Waals surface area contributed by atoms with Crippen molar-refractivity contribution >= 4 is 18.4 Å². The number of carbonyl (C=O) groups is 3. The van der Waals surface area contributed by atoms with Crippen molar-refractivity contribution in [3.63, 3.8) is 0 Å². The number of carboxylic acid groups (broad SMARTS) is 2. The molecule has 0 amide bonds. The molecule has 2 atom stereocenters. The average molecular weight is 788 g/mol. The van der Waals surface area contributed by atoms with Crippen LogP contribution in [0.4, 0.5) is 0 Å². The van der Waals surface area contributed by atoms with Crippen LogP contribution in [0, 0.1) is 0 Å². The number of ether oxygens (including phenoxy) is 1. The van der Waals surface area contributed by atoms with E-state index in [1.807, 2.05) is 24.3 Å². The largest absolute Gasteiger partial charge is 0.477 e. The van der Waals surface area contributed by atoms with Gasteiger partial charge in [-0.25, -0.2) is 24.5 Å². The van der Waals surface area contributed by atoms with E-state index < -0.39 is 11.9 Å². The maximum Gasteiger partial charge on any atom is 0.354 e. The van der Waals surface area contributed by atoms with Gasteiger partial charge >= 0.3 is 11.9 Å². The summed E-state index contributed by atoms with van der Waals surface area (Å²) in [5.74, 6) is -1.64. The van der Waals surface area contributed by atoms with Crippen LogP contribution in [-0.2, 0) is 15.6 Å². The van der Waals surface area contributed by atoms with Crippen LogP contribution < -0.4 is 4.74 Å². The molecule has 1 aliphatic carbocycles. The Morgan fingerprint density at radius 1 is 0.559 bits per heavy atom. The molecular formula is C50H49N3O6. The van der Waals surface area contributed by atoms with Gasteiger partial charge in [-0.05, 0) is 111 Å². The summed E-state index contributed by atoms with van der Waals surface area (Å²) >= 11 is 0. The van der Waals surface area contributed by atoms with Crippen LogP contribution in [0.15, 0.2) is 116 Å². The van der Waals surface area contributed by atoms with E-state index in [2.05, 4.69) is 111 Å². The molecule has 1 saturated carbocycles. The Hall–Kier alpha value is -6.48. The summed E-state index contributed by atoms with van der Waals surface area (Å²) in [5.41, 5.74) is 11.3. The third kappa shape index (κ3) is 8.84. The molecule has 0 aliphatic heterocycles. The predicted octanol–water partition coefficient (Wildman–Crippen LogP) is 11.2. The van der Waals surface area contributed by atoms with Crippen molar-refractivity contribution in [1.29, 1.82) is 0 Å². The van der Waals surface area contributed by atoms with Gasteiger partial charge in [-0.1, -0.05) is 114 Å². The first kappa shape index (κ1) is 40.7. The molecule has 7 rings (SSSR count). The molecule has 1 fully saturated rings. The van der Waals surface area contributed by atoms with Gasteiger partial charge in [0.1, 0.15) is 11.4 Å². The Balaban J connectivity index is 1.41. The summed E-state index contributed by atoms with van der Waals surface area (Å²) < 4.78 is 5.00. The third-order valence-corrected chi connectivity index (χ3v) is 11.6. The fourth-order valence-electron chi connectivity index (χ4n) is 8.47. The first-order chi connectivity index (χ1) is 28.1. The Morgan fingerprint density at radius 2 is 0.983 bits per heavy atom. The lowest BCUT2D eigenvalue weighted by Gasteiger charge is -2.38. The number of carboxylic acids is 2. The number of hydrogen-bond donors (Lipinski definition) is 2. The summed E-state index contributed by atoms with van der Waals surface area (Å²) in [4.78, 5) is 47.7. The summed E-state index contributed by atoms with van der Waals surface area (Å²) in [6, 6.07) is 32.3. The van der Waals surface area contributed by atoms with Crippen molar-refractivity contribution in [2.24, 2.45) is 0 Å². The van der Waals surface area contributed by atoms with Crippen LogP contribution in [0.25, 0.3) is 33.4 Å². The van der Waals surface area contributed by atoms with E-state index in [0.29, 0.717) is 6.47 Å². The van der Waals surface area contributed by atoms with E-state index in [1.165, 1.54) is 27.8 Å². The van der Waals surface area contributed by atoms with E-state index in [0.717, 1.165) is 52.6 Å². The van der Waals surface area contributed by atoms with E-state index in [1.54, 1.807) is 36.8 Å². The summed E-state index contributed by atoms with van der Waals surface area (Å²) in [6.07, 6.45) is 7.61. The molecular weight excluding hydrogens is 739 g/mol. The number of nitrogens with zero attached hydrogens (tertiary/aromatic N) is 3. The fraction of sp³-hybridized carbons (Fsp3) is 0.280. The second kappa shape index (κ2) is 16.4. The van der Waals surface area contributed by atoms with Crippen molar-refractivity contribution in [3.8, 4) is 39.3 Å². The van der Waals surface area contributed by atoms with Crippen molar-refractivity contribution in [2.75, 3.05) is 0 Å². The first-order valence-corrected chi connectivity index (χ1v) is 19.9. The predicted molar refractivity (Wildman–Crippen MR) is 229 cm³/mol. The van der Waals surface area contributed by atoms with Gasteiger partial charge in [0.05, 0.1) is 0 Å². The molecule has 3 aromatic carbocycles. The molecule has 0 saturated heterocycles. The minimum absolute atomic E-state index is 0.00553. The van der Waals surface area contributed by atoms with E-state index >= 15 is 0 Å². The van der Waals surface area contributed by atoms with E-state index in [9.17, 15) is 24.6 Å². The zero-order valence-electron chi connectivity index (χ0n) is 34.3. The lowest BCUT2D eigenvalue weighted by atomic mass is 9.66. The molecule has 9 nitrogen and oxygen atoms in total. The molecule has 2 unspecified atom stereocenters. The maximum absolute atomic E-state index is 11.8. The molecule has 0 radical (unpaired) electrons. The summed E-state index contributed by atoms with van der Waals surface area (Å²) in [5, 5.41) is 19.3. The van der Waals surface area contributed by atoms with Crippen molar-refractivity contribution in [2.45, 2.75) is 89.4 Å². The van der Waals surface area contributed by atoms with Crippen LogP contribution in [0.3, 0.4) is 0 Å². The molecule has 9 heteroatoms. The normalized spacial score (nSPS) is 16.9. The van der Waals surface area contributed by atoms with Gasteiger partial charge in [-0.15, -0.1) is 0 Å². The zero-order valence-corrected chi connectivity index (χ0v) is 34.3. The Kier molecular flexibility index (Phi) is 11.3. The highest BCUT2D eigenvalue weighted by atomic mass is 16.5. The molecule has 2 N–H and O–H groups in total. The maximum atomic E-state index is 11.8. The SMILES string of the molecule is CC(C)(C)c1ccc(C2CC(c3ccccc3-c3ccc(OC=O)nc3)CC(c3ccc(C(C)(C)C)cc3-c3ccc(C(=O)O)nc3)C2)c(-c2ccc(C(=O)O)nc2)c1. The molecule has 0 spiro atoms. The number of hydrogen-bond acceptors (Lipinski definition) is 7. The Bertz CT molecular complexity index is 2370. The van der Waals surface area contributed by atoms with Crippen LogP contribution in [0.2, 0.25) is 0 Å². The summed E-state index contributed by atoms with van der Waals surface area (Å²) in [7, 11) is 0. The third-order valence-electron chi connectivity index (χ3n) is 11.6. The Labute approximate surface area is 345 Å². The molecule has 3 heterocycles. The van der Waals surface area contributed by atoms with Crippen molar-refractivity contribution < 1.29 is 29.3 Å². The first-order valence-electron chi connectivity index (χ1n) is 19.9. The minimum atomic E-state index is -1.07. The molecule has 300 valence electrons. The molecule has 3 aromatic heterocycles. The van der Waals surface area contributed by atoms with Gasteiger partial charge in [0, 0.05) is 41.3 Å². The Morgan fingerprint density at radius 3 is 1.37 bits per heavy atom. The number of benzene rings is 3. The van der Waals surface area contributed by atoms with E-state index in [4.69, 9.17) is 4.74 Å². The average Bonchev–Trinajstić information content (AvgIpc) is 3.23. The molecule has 59 heavy (non-hydrogen) atoms. The molecule has 0 bridgehead atoms. The fourth-order valence-corrected chi connectivity index (χ4v) is 8.47. The van der Waals surface area contributed by atoms with Crippen LogP contribution in [0.5, 0.6) is 5.88 Å². The number of carbonyl (C=O) groups excluding carboxylic acids is 1. The number of aromatic carboxylic acids is 2. The quantitative estimate of drug-likeness (QED) is 0.130. The highest BCUT2D eigenvalue weighted by Crippen LogP contribution is 2.53. The topological polar surface area (TPSA) is 140 Å². The van der Waals surface area contributed by atoms with Crippen LogP contribution in [0.1, 0.15) is 127 Å². The van der Waals surface area contributed by atoms with Gasteiger partial charge < -0.3 is 14.9 Å². The van der Waals surface area contributed by atoms with Gasteiger partial charge in [0.25, 0.3) is 6.47 Å². The second-order valence-corrected chi connectivity index (χ2v) is 17.6. The number of rotatable bonds is 10. The van der Waals surface area contributed by atoms with Crippen molar-refractivity contribution in [3.05, 3.63) is 155 Å². The van der Waals surface area contributed by atoms with Gasteiger partial charge in [0.15, 0.2) is 0 Å². The highest BCUT2D eigenvalue weighted by Gasteiger charge is 2.36. The standard InChI is InChI=1S/C50H49N3O6/c1-49(2,3)36-14-16-40(42(24-36)31-11-18-44(47(55)56)51-26-31)34-21-33(39-10-8-7-9-38(39)30-13-20-46(53-28-30)59-29-54)22-35(23-34)41-17-15-37(50(4,5)6)25-43(41)32-12-19-45(48(57)58)52-27-32/h7-20,24-29,33-35H,21-23H2,1-6H3,(H,55,56)(H,57,58). The smallest absolute Gasteiger partial charge is 0.354 e. The second-order valence-electron chi connectivity index (χ2n) is 17.6. The molecule has 1 aliphatic rings. The summed E-state index contributed by atoms with van der Waals surface area (Å²) in [6.45, 7) is 13.5. The van der Waals surface area contributed by atoms with E-state index in [-0.39, 0.29) is 45.9 Å². The van der Waals surface area contributed by atoms with Gasteiger partial charge in [-0.3, -0.25) is 4.79 Å². The van der Waals surface area contributed by atoms with Crippen LogP contribution in [-0.4, -0.2) is 43.6 Å². The zero-order chi connectivity index (χ0) is 42.1. The lowest BCUT2D eigenvalue weighted by molar-refractivity contribution is -0.120. The van der Waals surface area contributed by atoms with Crippen molar-refractivity contribution in [1.82, 2.24) is 15.0 Å².